The molecule has 0 saturated carbocycles. The number of nitrogens with one attached hydrogen (secondary N) is 2. The Balaban J connectivity index is 1.77. The van der Waals surface area contributed by atoms with Crippen LogP contribution in [0.5, 0.6) is 0 Å². The fourth-order valence-electron chi connectivity index (χ4n) is 2.36. The van der Waals surface area contributed by atoms with E-state index in [0.717, 1.165) is 35.6 Å². The molecule has 0 fully saturated rings. The molecule has 24 heavy (non-hydrogen) atoms. The molecular formula is C17H21N7. The number of H-pyrrole nitrogens is 1. The molecule has 1 aromatic carbocycles. The first-order valence-electron chi connectivity index (χ1n) is 8.05. The van der Waals surface area contributed by atoms with Crippen molar-refractivity contribution in [3.63, 3.8) is 0 Å². The number of hydrogen-bond acceptors (Lipinski definition) is 5. The van der Waals surface area contributed by atoms with Crippen LogP contribution in [0.15, 0.2) is 30.8 Å². The molecule has 7 heteroatoms. The van der Waals surface area contributed by atoms with Gasteiger partial charge in [-0.1, -0.05) is 50.8 Å². The Labute approximate surface area is 140 Å². The minimum Gasteiger partial charge on any atom is -0.290 e. The molecule has 0 unspecified atom stereocenters. The highest BCUT2D eigenvalue weighted by molar-refractivity contribution is 5.47. The number of anilines is 2. The number of aryl methyl sites for hydroxylation is 2. The predicted octanol–water partition coefficient (Wildman–Crippen LogP) is 2.96. The maximum absolute atomic E-state index is 4.53. The molecule has 7 nitrogen and oxygen atoms in total. The van der Waals surface area contributed by atoms with E-state index in [1.807, 2.05) is 29.8 Å². The third-order valence-electron chi connectivity index (χ3n) is 3.70. The summed E-state index contributed by atoms with van der Waals surface area (Å²) in [6.45, 7) is 8.52. The molecule has 0 bridgehead atoms. The summed E-state index contributed by atoms with van der Waals surface area (Å²) in [5.41, 5.74) is 2.27. The van der Waals surface area contributed by atoms with Gasteiger partial charge in [0.15, 0.2) is 0 Å². The fraction of sp³-hybridized carbons (Fsp3) is 0.294. The van der Waals surface area contributed by atoms with E-state index < -0.39 is 0 Å². The van der Waals surface area contributed by atoms with Crippen molar-refractivity contribution < 1.29 is 0 Å². The summed E-state index contributed by atoms with van der Waals surface area (Å²) in [7, 11) is 0. The van der Waals surface area contributed by atoms with Crippen molar-refractivity contribution in [1.29, 1.82) is 0 Å². The summed E-state index contributed by atoms with van der Waals surface area (Å²) >= 11 is 0. The van der Waals surface area contributed by atoms with Gasteiger partial charge in [-0.25, -0.2) is 4.68 Å². The van der Waals surface area contributed by atoms with Gasteiger partial charge in [-0.15, -0.1) is 10.2 Å². The lowest BCUT2D eigenvalue weighted by molar-refractivity contribution is 0.644. The summed E-state index contributed by atoms with van der Waals surface area (Å²) in [4.78, 5) is 8.84. The maximum atomic E-state index is 4.53. The van der Waals surface area contributed by atoms with Crippen LogP contribution in [0, 0.1) is 0 Å². The average molecular weight is 323 g/mol. The summed E-state index contributed by atoms with van der Waals surface area (Å²) < 4.78 is 1.90. The summed E-state index contributed by atoms with van der Waals surface area (Å²) in [6, 6.07) is 8.25. The van der Waals surface area contributed by atoms with Crippen LogP contribution >= 0.6 is 0 Å². The number of rotatable bonds is 7. The van der Waals surface area contributed by atoms with Crippen LogP contribution in [0.2, 0.25) is 0 Å². The van der Waals surface area contributed by atoms with Crippen LogP contribution in [0.25, 0.3) is 6.08 Å². The van der Waals surface area contributed by atoms with Crippen molar-refractivity contribution in [3.05, 3.63) is 53.6 Å². The lowest BCUT2D eigenvalue weighted by Gasteiger charge is -2.04. The summed E-state index contributed by atoms with van der Waals surface area (Å²) in [5, 5.41) is 14.5. The van der Waals surface area contributed by atoms with Crippen molar-refractivity contribution in [2.45, 2.75) is 33.2 Å². The van der Waals surface area contributed by atoms with Gasteiger partial charge in [0.25, 0.3) is 0 Å². The van der Waals surface area contributed by atoms with E-state index in [0.29, 0.717) is 18.4 Å². The van der Waals surface area contributed by atoms with E-state index >= 15 is 0 Å². The van der Waals surface area contributed by atoms with Crippen LogP contribution in [-0.2, 0) is 19.4 Å². The Morgan fingerprint density at radius 1 is 1.12 bits per heavy atom. The van der Waals surface area contributed by atoms with E-state index in [2.05, 4.69) is 56.2 Å². The number of aromatic amines is 1. The van der Waals surface area contributed by atoms with E-state index in [-0.39, 0.29) is 0 Å². The van der Waals surface area contributed by atoms with E-state index in [4.69, 9.17) is 0 Å². The Hall–Kier alpha value is -2.96. The van der Waals surface area contributed by atoms with Gasteiger partial charge in [-0.2, -0.15) is 9.97 Å². The van der Waals surface area contributed by atoms with E-state index in [1.54, 1.807) is 0 Å². The molecule has 2 heterocycles. The number of benzene rings is 1. The lowest BCUT2D eigenvalue weighted by atomic mass is 10.1. The number of hydrogen-bond donors (Lipinski definition) is 2. The molecule has 3 rings (SSSR count). The number of aromatic nitrogens is 6. The topological polar surface area (TPSA) is 84.3 Å². The maximum Gasteiger partial charge on any atom is 0.249 e. The molecule has 0 saturated heterocycles. The van der Waals surface area contributed by atoms with Crippen LogP contribution in [-0.4, -0.2) is 29.9 Å². The molecule has 124 valence electrons. The minimum atomic E-state index is 0.488. The highest BCUT2D eigenvalue weighted by Gasteiger charge is 2.11. The first-order chi connectivity index (χ1) is 11.7. The van der Waals surface area contributed by atoms with Gasteiger partial charge < -0.3 is 0 Å². The Morgan fingerprint density at radius 2 is 1.92 bits per heavy atom. The van der Waals surface area contributed by atoms with Crippen molar-refractivity contribution in [3.8, 4) is 0 Å². The molecule has 2 aromatic heterocycles. The zero-order valence-corrected chi connectivity index (χ0v) is 14.0. The second kappa shape index (κ2) is 7.08. The first kappa shape index (κ1) is 15.9. The normalized spacial score (nSPS) is 10.8. The van der Waals surface area contributed by atoms with Gasteiger partial charge in [0.1, 0.15) is 11.6 Å². The fourth-order valence-corrected chi connectivity index (χ4v) is 2.36. The first-order valence-corrected chi connectivity index (χ1v) is 8.05. The molecule has 0 spiro atoms. The Morgan fingerprint density at radius 3 is 2.54 bits per heavy atom. The van der Waals surface area contributed by atoms with Crippen LogP contribution < -0.4 is 5.32 Å². The molecule has 3 aromatic rings. The average Bonchev–Trinajstić information content (AvgIpc) is 3.22. The molecular weight excluding hydrogens is 302 g/mol. The van der Waals surface area contributed by atoms with Crippen molar-refractivity contribution >= 4 is 18.0 Å². The molecule has 0 aliphatic rings. The molecule has 0 radical (unpaired) electrons. The second-order valence-corrected chi connectivity index (χ2v) is 5.39. The zero-order valence-electron chi connectivity index (χ0n) is 14.0. The molecule has 0 atom stereocenters. The predicted molar refractivity (Wildman–Crippen MR) is 94.1 cm³/mol. The largest absolute Gasteiger partial charge is 0.290 e. The molecule has 0 aliphatic heterocycles. The van der Waals surface area contributed by atoms with Gasteiger partial charge in [-0.05, 0) is 11.1 Å². The second-order valence-electron chi connectivity index (χ2n) is 5.39. The van der Waals surface area contributed by atoms with Crippen LogP contribution in [0.4, 0.5) is 11.9 Å². The van der Waals surface area contributed by atoms with Gasteiger partial charge in [0.2, 0.25) is 11.9 Å². The Bertz CT molecular complexity index is 814. The van der Waals surface area contributed by atoms with Crippen molar-refractivity contribution in [1.82, 2.24) is 29.9 Å². The quantitative estimate of drug-likeness (QED) is 0.698. The van der Waals surface area contributed by atoms with Crippen LogP contribution in [0.1, 0.15) is 36.6 Å². The van der Waals surface area contributed by atoms with Crippen LogP contribution in [0.3, 0.4) is 0 Å². The lowest BCUT2D eigenvalue weighted by Crippen LogP contribution is -2.06. The SMILES string of the molecule is C=Cc1ccc(Cn2nc(Nc3n[nH]c(CC)n3)nc2CC)cc1. The molecule has 2 N–H and O–H groups in total. The van der Waals surface area contributed by atoms with Gasteiger partial charge in [-0.3, -0.25) is 10.4 Å². The summed E-state index contributed by atoms with van der Waals surface area (Å²) in [5.74, 6) is 2.74. The van der Waals surface area contributed by atoms with Crippen molar-refractivity contribution in [2.75, 3.05) is 5.32 Å². The van der Waals surface area contributed by atoms with Gasteiger partial charge in [0.05, 0.1) is 6.54 Å². The highest BCUT2D eigenvalue weighted by atomic mass is 15.4. The third-order valence-corrected chi connectivity index (χ3v) is 3.70. The van der Waals surface area contributed by atoms with Gasteiger partial charge in [0, 0.05) is 12.8 Å². The standard InChI is InChI=1S/C17H21N7/c1-4-12-7-9-13(10-8-12)11-24-15(6-3)19-17(23-24)20-16-18-14(5-2)21-22-16/h4,7-10H,1,5-6,11H2,2-3H3,(H2,18,20,21,22,23). The smallest absolute Gasteiger partial charge is 0.249 e. The number of nitrogens with zero attached hydrogens (tertiary/aromatic N) is 5. The highest BCUT2D eigenvalue weighted by Crippen LogP contribution is 2.13. The van der Waals surface area contributed by atoms with E-state index in [9.17, 15) is 0 Å². The molecule has 0 amide bonds. The minimum absolute atomic E-state index is 0.488. The zero-order chi connectivity index (χ0) is 16.9. The van der Waals surface area contributed by atoms with E-state index in [1.165, 1.54) is 0 Å². The Kier molecular flexibility index (Phi) is 4.69. The van der Waals surface area contributed by atoms with Gasteiger partial charge >= 0.3 is 0 Å². The summed E-state index contributed by atoms with van der Waals surface area (Å²) in [6.07, 6.45) is 3.44. The van der Waals surface area contributed by atoms with Crippen molar-refractivity contribution in [2.24, 2.45) is 0 Å². The third kappa shape index (κ3) is 3.51. The molecule has 0 aliphatic carbocycles. The monoisotopic (exact) mass is 323 g/mol.